The van der Waals surface area contributed by atoms with Gasteiger partial charge in [0, 0.05) is 18.5 Å². The maximum Gasteiger partial charge on any atom is 0.197 e. The summed E-state index contributed by atoms with van der Waals surface area (Å²) in [6, 6.07) is 3.04. The largest absolute Gasteiger partial charge is 0.489 e. The van der Waals surface area contributed by atoms with Gasteiger partial charge < -0.3 is 14.3 Å². The molecule has 4 nitrogen and oxygen atoms in total. The van der Waals surface area contributed by atoms with Gasteiger partial charge in [-0.1, -0.05) is 6.07 Å². The van der Waals surface area contributed by atoms with Crippen molar-refractivity contribution in [1.29, 1.82) is 0 Å². The van der Waals surface area contributed by atoms with Crippen molar-refractivity contribution in [3.05, 3.63) is 23.5 Å². The Morgan fingerprint density at radius 2 is 2.06 bits per heavy atom. The zero-order chi connectivity index (χ0) is 11.4. The zero-order valence-corrected chi connectivity index (χ0v) is 9.09. The van der Waals surface area contributed by atoms with Gasteiger partial charge in [-0.2, -0.15) is 5.48 Å². The first-order valence-corrected chi connectivity index (χ1v) is 5.15. The molecule has 16 heavy (non-hydrogen) atoms. The molecule has 1 N–H and O–H groups in total. The highest BCUT2D eigenvalue weighted by Gasteiger charge is 2.18. The third-order valence-corrected chi connectivity index (χ3v) is 2.33. The summed E-state index contributed by atoms with van der Waals surface area (Å²) in [5.74, 6) is 0.285. The highest BCUT2D eigenvalue weighted by atomic mass is 19.1. The fraction of sp³-hybridized carbons (Fsp3) is 0.455. The van der Waals surface area contributed by atoms with Crippen LogP contribution in [0.2, 0.25) is 0 Å². The summed E-state index contributed by atoms with van der Waals surface area (Å²) in [5.41, 5.74) is 3.52. The number of benzene rings is 1. The van der Waals surface area contributed by atoms with Crippen LogP contribution in [0.15, 0.2) is 12.1 Å². The molecule has 2 rings (SSSR count). The number of halogens is 1. The molecule has 0 spiro atoms. The molecule has 0 saturated heterocycles. The number of hydroxylamine groups is 1. The minimum Gasteiger partial charge on any atom is -0.489 e. The average Bonchev–Trinajstić information content (AvgIpc) is 2.54. The second kappa shape index (κ2) is 5.14. The standard InChI is InChI=1S/C11H14FNO3/c1-14-13-7-8-3-4-9(12)11-10(8)15-5-2-6-16-11/h3-4,13H,2,5-7H2,1H3. The summed E-state index contributed by atoms with van der Waals surface area (Å²) in [7, 11) is 1.53. The van der Waals surface area contributed by atoms with Gasteiger partial charge in [0.15, 0.2) is 17.3 Å². The molecular formula is C11H14FNO3. The molecule has 1 aromatic carbocycles. The molecule has 1 aliphatic rings. The highest BCUT2D eigenvalue weighted by Crippen LogP contribution is 2.35. The third-order valence-electron chi connectivity index (χ3n) is 2.33. The Kier molecular flexibility index (Phi) is 3.58. The monoisotopic (exact) mass is 227 g/mol. The summed E-state index contributed by atoms with van der Waals surface area (Å²) in [5, 5.41) is 0. The molecule has 0 amide bonds. The normalized spacial score (nSPS) is 14.6. The van der Waals surface area contributed by atoms with Crippen molar-refractivity contribution in [2.75, 3.05) is 20.3 Å². The number of nitrogens with one attached hydrogen (secondary N) is 1. The van der Waals surface area contributed by atoms with E-state index in [1.165, 1.54) is 13.2 Å². The first-order valence-electron chi connectivity index (χ1n) is 5.15. The number of hydrogen-bond acceptors (Lipinski definition) is 4. The van der Waals surface area contributed by atoms with E-state index in [-0.39, 0.29) is 5.75 Å². The maximum atomic E-state index is 13.5. The van der Waals surface area contributed by atoms with Gasteiger partial charge in [0.2, 0.25) is 0 Å². The minimum absolute atomic E-state index is 0.202. The first-order chi connectivity index (χ1) is 7.83. The van der Waals surface area contributed by atoms with E-state index in [0.29, 0.717) is 25.5 Å². The molecule has 5 heteroatoms. The van der Waals surface area contributed by atoms with Crippen molar-refractivity contribution in [1.82, 2.24) is 5.48 Å². The summed E-state index contributed by atoms with van der Waals surface area (Å²) >= 11 is 0. The van der Waals surface area contributed by atoms with Gasteiger partial charge in [0.25, 0.3) is 0 Å². The Hall–Kier alpha value is -1.33. The van der Waals surface area contributed by atoms with Gasteiger partial charge in [0.1, 0.15) is 0 Å². The van der Waals surface area contributed by atoms with E-state index in [1.807, 2.05) is 0 Å². The van der Waals surface area contributed by atoms with E-state index in [1.54, 1.807) is 6.07 Å². The Balaban J connectivity index is 2.31. The topological polar surface area (TPSA) is 39.7 Å². The van der Waals surface area contributed by atoms with Crippen LogP contribution < -0.4 is 15.0 Å². The van der Waals surface area contributed by atoms with Crippen molar-refractivity contribution in [2.24, 2.45) is 0 Å². The van der Waals surface area contributed by atoms with Crippen molar-refractivity contribution >= 4 is 0 Å². The Labute approximate surface area is 93.3 Å². The second-order valence-electron chi connectivity index (χ2n) is 3.44. The zero-order valence-electron chi connectivity index (χ0n) is 9.09. The second-order valence-corrected chi connectivity index (χ2v) is 3.44. The van der Waals surface area contributed by atoms with Crippen LogP contribution in [0.5, 0.6) is 11.5 Å². The third kappa shape index (κ3) is 2.25. The molecule has 1 aromatic rings. The Bertz CT molecular complexity index is 370. The van der Waals surface area contributed by atoms with E-state index in [2.05, 4.69) is 5.48 Å². The molecule has 0 atom stereocenters. The van der Waals surface area contributed by atoms with Crippen LogP contribution in [0.4, 0.5) is 4.39 Å². The van der Waals surface area contributed by atoms with E-state index < -0.39 is 5.82 Å². The van der Waals surface area contributed by atoms with Crippen molar-refractivity contribution in [3.8, 4) is 11.5 Å². The van der Waals surface area contributed by atoms with Crippen molar-refractivity contribution in [2.45, 2.75) is 13.0 Å². The smallest absolute Gasteiger partial charge is 0.197 e. The van der Waals surface area contributed by atoms with Gasteiger partial charge in [-0.15, -0.1) is 0 Å². The van der Waals surface area contributed by atoms with Crippen LogP contribution in [-0.4, -0.2) is 20.3 Å². The lowest BCUT2D eigenvalue weighted by molar-refractivity contribution is 0.0859. The number of ether oxygens (including phenoxy) is 2. The van der Waals surface area contributed by atoms with Gasteiger partial charge in [-0.05, 0) is 6.07 Å². The van der Waals surface area contributed by atoms with Crippen LogP contribution in [0.3, 0.4) is 0 Å². The number of rotatable bonds is 3. The lowest BCUT2D eigenvalue weighted by Gasteiger charge is -2.13. The Morgan fingerprint density at radius 3 is 2.81 bits per heavy atom. The average molecular weight is 227 g/mol. The van der Waals surface area contributed by atoms with Gasteiger partial charge in [0.05, 0.1) is 20.3 Å². The molecule has 88 valence electrons. The highest BCUT2D eigenvalue weighted by molar-refractivity contribution is 5.48. The lowest BCUT2D eigenvalue weighted by atomic mass is 10.2. The molecule has 1 aliphatic heterocycles. The molecule has 0 aliphatic carbocycles. The fourth-order valence-corrected chi connectivity index (χ4v) is 1.57. The lowest BCUT2D eigenvalue weighted by Crippen LogP contribution is -2.12. The van der Waals surface area contributed by atoms with E-state index >= 15 is 0 Å². The molecule has 1 heterocycles. The summed E-state index contributed by atoms with van der Waals surface area (Å²) in [6.07, 6.45) is 0.755. The van der Waals surface area contributed by atoms with Gasteiger partial charge in [-0.25, -0.2) is 4.39 Å². The minimum atomic E-state index is -0.391. The molecule has 0 saturated carbocycles. The number of fused-ring (bicyclic) bond motifs is 1. The van der Waals surface area contributed by atoms with Crippen molar-refractivity contribution in [3.63, 3.8) is 0 Å². The van der Waals surface area contributed by atoms with Gasteiger partial charge in [-0.3, -0.25) is 0 Å². The van der Waals surface area contributed by atoms with Crippen LogP contribution in [-0.2, 0) is 11.4 Å². The Morgan fingerprint density at radius 1 is 1.31 bits per heavy atom. The SMILES string of the molecule is CONCc1ccc(F)c2c1OCCCO2. The predicted octanol–water partition coefficient (Wildman–Crippen LogP) is 1.64. The van der Waals surface area contributed by atoms with E-state index in [9.17, 15) is 4.39 Å². The van der Waals surface area contributed by atoms with Crippen molar-refractivity contribution < 1.29 is 18.7 Å². The molecule has 0 bridgehead atoms. The van der Waals surface area contributed by atoms with Crippen LogP contribution in [0.1, 0.15) is 12.0 Å². The van der Waals surface area contributed by atoms with Crippen LogP contribution >= 0.6 is 0 Å². The molecule has 0 fully saturated rings. The van der Waals surface area contributed by atoms with Crippen LogP contribution in [0.25, 0.3) is 0 Å². The summed E-state index contributed by atoms with van der Waals surface area (Å²) in [4.78, 5) is 4.76. The predicted molar refractivity (Wildman–Crippen MR) is 55.9 cm³/mol. The summed E-state index contributed by atoms with van der Waals surface area (Å²) in [6.45, 7) is 1.46. The molecule has 0 radical (unpaired) electrons. The fourth-order valence-electron chi connectivity index (χ4n) is 1.57. The van der Waals surface area contributed by atoms with E-state index in [4.69, 9.17) is 14.3 Å². The van der Waals surface area contributed by atoms with Crippen LogP contribution in [0, 0.1) is 5.82 Å². The molecule has 0 unspecified atom stereocenters. The maximum absolute atomic E-state index is 13.5. The molecule has 0 aromatic heterocycles. The number of hydrogen-bond donors (Lipinski definition) is 1. The van der Waals surface area contributed by atoms with Gasteiger partial charge >= 0.3 is 0 Å². The molecular weight excluding hydrogens is 213 g/mol. The van der Waals surface area contributed by atoms with E-state index in [0.717, 1.165) is 12.0 Å². The quantitative estimate of drug-likeness (QED) is 0.797. The first kappa shape index (κ1) is 11.2. The summed E-state index contributed by atoms with van der Waals surface area (Å²) < 4.78 is 24.3.